The molecule has 1 heterocycles. The van der Waals surface area contributed by atoms with Gasteiger partial charge >= 0.3 is 0 Å². The molecular weight excluding hydrogens is 474 g/mol. The molecule has 178 valence electrons. The van der Waals surface area contributed by atoms with Crippen LogP contribution in [0.2, 0.25) is 0 Å². The molecule has 2 N–H and O–H groups in total. The van der Waals surface area contributed by atoms with Gasteiger partial charge in [0, 0.05) is 24.3 Å². The van der Waals surface area contributed by atoms with Gasteiger partial charge in [0.15, 0.2) is 0 Å². The van der Waals surface area contributed by atoms with Gasteiger partial charge in [-0.25, -0.2) is 16.8 Å². The summed E-state index contributed by atoms with van der Waals surface area (Å²) in [6.07, 6.45) is 1.71. The zero-order chi connectivity index (χ0) is 24.3. The van der Waals surface area contributed by atoms with Crippen LogP contribution in [0.25, 0.3) is 0 Å². The number of anilines is 2. The van der Waals surface area contributed by atoms with Crippen LogP contribution in [0.5, 0.6) is 0 Å². The first kappa shape index (κ1) is 23.9. The molecule has 0 aliphatic carbocycles. The Morgan fingerprint density at radius 2 is 1.44 bits per heavy atom. The van der Waals surface area contributed by atoms with Gasteiger partial charge in [0.05, 0.1) is 15.5 Å². The molecule has 0 atom stereocenters. The number of sulfonamides is 2. The number of carbonyl (C=O) groups excluding carboxylic acids is 1. The van der Waals surface area contributed by atoms with Crippen molar-refractivity contribution < 1.29 is 21.6 Å². The van der Waals surface area contributed by atoms with Gasteiger partial charge in [0.25, 0.3) is 15.9 Å². The summed E-state index contributed by atoms with van der Waals surface area (Å²) in [7, 11) is -7.34. The lowest BCUT2D eigenvalue weighted by molar-refractivity contribution is 0.102. The van der Waals surface area contributed by atoms with Crippen LogP contribution < -0.4 is 10.0 Å². The van der Waals surface area contributed by atoms with Crippen molar-refractivity contribution in [3.05, 3.63) is 83.9 Å². The number of benzene rings is 3. The fraction of sp³-hybridized carbons (Fsp3) is 0.208. The maximum atomic E-state index is 12.9. The molecule has 34 heavy (non-hydrogen) atoms. The molecule has 0 aromatic heterocycles. The summed E-state index contributed by atoms with van der Waals surface area (Å²) in [4.78, 5) is 13.2. The molecule has 0 bridgehead atoms. The maximum absolute atomic E-state index is 12.9. The summed E-state index contributed by atoms with van der Waals surface area (Å²) in [5, 5.41) is 2.74. The molecule has 8 nitrogen and oxygen atoms in total. The largest absolute Gasteiger partial charge is 0.322 e. The third-order valence-electron chi connectivity index (χ3n) is 5.69. The smallest absolute Gasteiger partial charge is 0.261 e. The molecule has 1 aliphatic heterocycles. The van der Waals surface area contributed by atoms with Gasteiger partial charge in [-0.15, -0.1) is 0 Å². The molecule has 1 aliphatic rings. The Bertz CT molecular complexity index is 1400. The molecule has 1 saturated heterocycles. The summed E-state index contributed by atoms with van der Waals surface area (Å²) >= 11 is 0. The third kappa shape index (κ3) is 4.98. The maximum Gasteiger partial charge on any atom is 0.261 e. The number of amides is 1. The predicted octanol–water partition coefficient (Wildman–Crippen LogP) is 3.83. The van der Waals surface area contributed by atoms with E-state index in [1.54, 1.807) is 43.3 Å². The predicted molar refractivity (Wildman–Crippen MR) is 131 cm³/mol. The molecular formula is C24H25N3O5S2. The number of rotatable bonds is 7. The molecule has 1 fully saturated rings. The van der Waals surface area contributed by atoms with Crippen LogP contribution in [-0.2, 0) is 20.0 Å². The van der Waals surface area contributed by atoms with Crippen LogP contribution in [0.4, 0.5) is 11.4 Å². The van der Waals surface area contributed by atoms with Gasteiger partial charge < -0.3 is 5.32 Å². The number of carbonyl (C=O) groups is 1. The number of nitrogens with zero attached hydrogens (tertiary/aromatic N) is 1. The average molecular weight is 500 g/mol. The van der Waals surface area contributed by atoms with Crippen molar-refractivity contribution in [3.63, 3.8) is 0 Å². The molecule has 1 amide bonds. The molecule has 0 radical (unpaired) electrons. The highest BCUT2D eigenvalue weighted by Gasteiger charge is 2.27. The highest BCUT2D eigenvalue weighted by Crippen LogP contribution is 2.25. The van der Waals surface area contributed by atoms with Gasteiger partial charge in [-0.2, -0.15) is 4.31 Å². The van der Waals surface area contributed by atoms with Crippen LogP contribution in [0.15, 0.2) is 82.6 Å². The topological polar surface area (TPSA) is 113 Å². The van der Waals surface area contributed by atoms with Gasteiger partial charge in [-0.05, 0) is 73.9 Å². The van der Waals surface area contributed by atoms with Crippen molar-refractivity contribution >= 4 is 37.3 Å². The molecule has 0 saturated carbocycles. The average Bonchev–Trinajstić information content (AvgIpc) is 3.37. The Kier molecular flexibility index (Phi) is 6.74. The summed E-state index contributed by atoms with van der Waals surface area (Å²) in [5.74, 6) is -0.437. The minimum Gasteiger partial charge on any atom is -0.322 e. The first-order chi connectivity index (χ1) is 16.2. The Morgan fingerprint density at radius 1 is 0.794 bits per heavy atom. The molecule has 0 spiro atoms. The number of nitrogens with one attached hydrogen (secondary N) is 2. The monoisotopic (exact) mass is 499 g/mol. The van der Waals surface area contributed by atoms with Crippen LogP contribution in [0.1, 0.15) is 28.8 Å². The van der Waals surface area contributed by atoms with E-state index < -0.39 is 26.0 Å². The summed E-state index contributed by atoms with van der Waals surface area (Å²) < 4.78 is 54.7. The lowest BCUT2D eigenvalue weighted by atomic mass is 10.1. The SMILES string of the molecule is Cc1c(NS(=O)(=O)c2ccccc2)cccc1C(=O)Nc1ccc(S(=O)(=O)N2CCCC2)cc1. The highest BCUT2D eigenvalue weighted by molar-refractivity contribution is 7.92. The minimum absolute atomic E-state index is 0.119. The Hall–Kier alpha value is -3.21. The summed E-state index contributed by atoms with van der Waals surface area (Å²) in [5.41, 5.74) is 1.48. The van der Waals surface area contributed by atoms with Crippen molar-refractivity contribution in [2.75, 3.05) is 23.1 Å². The van der Waals surface area contributed by atoms with Crippen molar-refractivity contribution in [3.8, 4) is 0 Å². The first-order valence-electron chi connectivity index (χ1n) is 10.8. The standard InChI is InChI=1S/C24H25N3O5S2/c1-18-22(10-7-11-23(18)26-33(29,30)20-8-3-2-4-9-20)24(28)25-19-12-14-21(15-13-19)34(31,32)27-16-5-6-17-27/h2-4,7-15,26H,5-6,16-17H2,1H3,(H,25,28). The second kappa shape index (κ2) is 9.57. The number of hydrogen-bond acceptors (Lipinski definition) is 5. The third-order valence-corrected chi connectivity index (χ3v) is 8.99. The zero-order valence-corrected chi connectivity index (χ0v) is 20.2. The highest BCUT2D eigenvalue weighted by atomic mass is 32.2. The van der Waals surface area contributed by atoms with Crippen molar-refractivity contribution in [2.45, 2.75) is 29.6 Å². The van der Waals surface area contributed by atoms with E-state index in [0.717, 1.165) is 12.8 Å². The molecule has 4 rings (SSSR count). The Labute approximate surface area is 199 Å². The van der Waals surface area contributed by atoms with Crippen LogP contribution >= 0.6 is 0 Å². The van der Waals surface area contributed by atoms with E-state index in [1.165, 1.54) is 40.7 Å². The molecule has 0 unspecified atom stereocenters. The van der Waals surface area contributed by atoms with E-state index in [1.807, 2.05) is 0 Å². The van der Waals surface area contributed by atoms with Gasteiger partial charge in [-0.3, -0.25) is 9.52 Å². The second-order valence-corrected chi connectivity index (χ2v) is 11.6. The van der Waals surface area contributed by atoms with Crippen LogP contribution in [-0.4, -0.2) is 40.1 Å². The van der Waals surface area contributed by atoms with E-state index in [9.17, 15) is 21.6 Å². The normalized spacial score (nSPS) is 14.6. The Balaban J connectivity index is 1.51. The molecule has 10 heteroatoms. The zero-order valence-electron chi connectivity index (χ0n) is 18.6. The van der Waals surface area contributed by atoms with Gasteiger partial charge in [0.2, 0.25) is 10.0 Å². The van der Waals surface area contributed by atoms with E-state index >= 15 is 0 Å². The van der Waals surface area contributed by atoms with E-state index in [4.69, 9.17) is 0 Å². The Morgan fingerprint density at radius 3 is 2.09 bits per heavy atom. The lowest BCUT2D eigenvalue weighted by Gasteiger charge is -2.16. The van der Waals surface area contributed by atoms with Crippen molar-refractivity contribution in [1.82, 2.24) is 4.31 Å². The van der Waals surface area contributed by atoms with E-state index in [0.29, 0.717) is 35.6 Å². The van der Waals surface area contributed by atoms with E-state index in [-0.39, 0.29) is 9.79 Å². The lowest BCUT2D eigenvalue weighted by Crippen LogP contribution is -2.27. The molecule has 3 aromatic carbocycles. The van der Waals surface area contributed by atoms with Crippen LogP contribution in [0.3, 0.4) is 0 Å². The fourth-order valence-corrected chi connectivity index (χ4v) is 6.44. The summed E-state index contributed by atoms with van der Waals surface area (Å²) in [6.45, 7) is 2.69. The van der Waals surface area contributed by atoms with Gasteiger partial charge in [0.1, 0.15) is 0 Å². The van der Waals surface area contributed by atoms with Crippen molar-refractivity contribution in [1.29, 1.82) is 0 Å². The summed E-state index contributed by atoms with van der Waals surface area (Å²) in [6, 6.07) is 18.8. The fourth-order valence-electron chi connectivity index (χ4n) is 3.78. The second-order valence-electron chi connectivity index (χ2n) is 7.99. The minimum atomic E-state index is -3.81. The van der Waals surface area contributed by atoms with Gasteiger partial charge in [-0.1, -0.05) is 24.3 Å². The van der Waals surface area contributed by atoms with Crippen LogP contribution in [0, 0.1) is 6.92 Å². The number of hydrogen-bond donors (Lipinski definition) is 2. The first-order valence-corrected chi connectivity index (χ1v) is 13.7. The van der Waals surface area contributed by atoms with E-state index in [2.05, 4.69) is 10.0 Å². The quantitative estimate of drug-likeness (QED) is 0.513. The molecule has 3 aromatic rings. The van der Waals surface area contributed by atoms with Crippen molar-refractivity contribution in [2.24, 2.45) is 0 Å².